The SMILES string of the molecule is Cl.NCC1CCCN(Cc2nc(-c3ccccc3)no2)C1. The second-order valence-electron chi connectivity index (χ2n) is 5.36. The third-order valence-electron chi connectivity index (χ3n) is 3.80. The molecule has 0 amide bonds. The van der Waals surface area contributed by atoms with E-state index in [4.69, 9.17) is 10.3 Å². The summed E-state index contributed by atoms with van der Waals surface area (Å²) in [6, 6.07) is 9.90. The Balaban J connectivity index is 0.00000161. The Labute approximate surface area is 130 Å². The largest absolute Gasteiger partial charge is 0.338 e. The Bertz CT molecular complexity index is 546. The van der Waals surface area contributed by atoms with E-state index in [1.54, 1.807) is 0 Å². The first-order valence-corrected chi connectivity index (χ1v) is 7.15. The fourth-order valence-corrected chi connectivity index (χ4v) is 2.70. The lowest BCUT2D eigenvalue weighted by Gasteiger charge is -2.30. The quantitative estimate of drug-likeness (QED) is 0.939. The highest BCUT2D eigenvalue weighted by Crippen LogP contribution is 2.19. The van der Waals surface area contributed by atoms with Crippen molar-refractivity contribution in [3.05, 3.63) is 36.2 Å². The lowest BCUT2D eigenvalue weighted by Crippen LogP contribution is -2.37. The van der Waals surface area contributed by atoms with Gasteiger partial charge in [0.15, 0.2) is 0 Å². The summed E-state index contributed by atoms with van der Waals surface area (Å²) in [7, 11) is 0. The molecule has 1 aromatic carbocycles. The average molecular weight is 309 g/mol. The van der Waals surface area contributed by atoms with Gasteiger partial charge in [0.05, 0.1) is 6.54 Å². The molecule has 21 heavy (non-hydrogen) atoms. The van der Waals surface area contributed by atoms with Crippen molar-refractivity contribution < 1.29 is 4.52 Å². The second kappa shape index (κ2) is 7.54. The number of piperidine rings is 1. The van der Waals surface area contributed by atoms with Gasteiger partial charge in [-0.1, -0.05) is 35.5 Å². The maximum absolute atomic E-state index is 5.76. The van der Waals surface area contributed by atoms with Gasteiger partial charge in [-0.3, -0.25) is 4.90 Å². The Hall–Kier alpha value is -1.43. The summed E-state index contributed by atoms with van der Waals surface area (Å²) < 4.78 is 5.36. The molecular weight excluding hydrogens is 288 g/mol. The fourth-order valence-electron chi connectivity index (χ4n) is 2.70. The van der Waals surface area contributed by atoms with Gasteiger partial charge in [0, 0.05) is 12.1 Å². The zero-order chi connectivity index (χ0) is 13.8. The zero-order valence-electron chi connectivity index (χ0n) is 11.9. The molecule has 3 rings (SSSR count). The van der Waals surface area contributed by atoms with Crippen molar-refractivity contribution in [1.82, 2.24) is 15.0 Å². The third kappa shape index (κ3) is 4.03. The first kappa shape index (κ1) is 15.9. The van der Waals surface area contributed by atoms with Gasteiger partial charge in [-0.05, 0) is 31.8 Å². The van der Waals surface area contributed by atoms with Crippen LogP contribution in [0, 0.1) is 5.92 Å². The van der Waals surface area contributed by atoms with Gasteiger partial charge in [0.1, 0.15) is 0 Å². The number of rotatable bonds is 4. The second-order valence-corrected chi connectivity index (χ2v) is 5.36. The molecule has 2 aromatic rings. The molecule has 1 aliphatic heterocycles. The Kier molecular flexibility index (Phi) is 5.73. The van der Waals surface area contributed by atoms with Gasteiger partial charge >= 0.3 is 0 Å². The normalized spacial score (nSPS) is 19.2. The topological polar surface area (TPSA) is 68.2 Å². The van der Waals surface area contributed by atoms with Crippen molar-refractivity contribution in [2.45, 2.75) is 19.4 Å². The van der Waals surface area contributed by atoms with E-state index in [0.29, 0.717) is 17.6 Å². The molecule has 0 spiro atoms. The number of hydrogen-bond acceptors (Lipinski definition) is 5. The van der Waals surface area contributed by atoms with Gasteiger partial charge in [-0.25, -0.2) is 0 Å². The van der Waals surface area contributed by atoms with Crippen LogP contribution in [0.3, 0.4) is 0 Å². The van der Waals surface area contributed by atoms with E-state index < -0.39 is 0 Å². The van der Waals surface area contributed by atoms with Crippen molar-refractivity contribution >= 4 is 12.4 Å². The highest BCUT2D eigenvalue weighted by atomic mass is 35.5. The maximum Gasteiger partial charge on any atom is 0.241 e. The number of halogens is 1. The standard InChI is InChI=1S/C15H20N4O.ClH/c16-9-12-5-4-8-19(10-12)11-14-17-15(18-20-14)13-6-2-1-3-7-13;/h1-3,6-7,12H,4-5,8-11,16H2;1H. The molecule has 0 radical (unpaired) electrons. The molecule has 1 aliphatic rings. The van der Waals surface area contributed by atoms with Crippen molar-refractivity contribution in [2.24, 2.45) is 11.7 Å². The molecule has 1 aromatic heterocycles. The minimum absolute atomic E-state index is 0. The molecule has 2 heterocycles. The third-order valence-corrected chi connectivity index (χ3v) is 3.80. The molecule has 6 heteroatoms. The molecule has 0 bridgehead atoms. The smallest absolute Gasteiger partial charge is 0.241 e. The van der Waals surface area contributed by atoms with E-state index in [9.17, 15) is 0 Å². The number of nitrogens with zero attached hydrogens (tertiary/aromatic N) is 3. The van der Waals surface area contributed by atoms with E-state index in [2.05, 4.69) is 15.0 Å². The van der Waals surface area contributed by atoms with Crippen LogP contribution < -0.4 is 5.73 Å². The summed E-state index contributed by atoms with van der Waals surface area (Å²) in [4.78, 5) is 6.83. The average Bonchev–Trinajstić information content (AvgIpc) is 2.97. The van der Waals surface area contributed by atoms with E-state index in [0.717, 1.165) is 31.7 Å². The first-order valence-electron chi connectivity index (χ1n) is 7.15. The molecule has 1 atom stereocenters. The maximum atomic E-state index is 5.76. The van der Waals surface area contributed by atoms with Crippen LogP contribution in [0.2, 0.25) is 0 Å². The molecule has 1 saturated heterocycles. The fraction of sp³-hybridized carbons (Fsp3) is 0.467. The Morgan fingerprint density at radius 2 is 2.10 bits per heavy atom. The lowest BCUT2D eigenvalue weighted by molar-refractivity contribution is 0.153. The van der Waals surface area contributed by atoms with Crippen LogP contribution >= 0.6 is 12.4 Å². The molecule has 5 nitrogen and oxygen atoms in total. The van der Waals surface area contributed by atoms with Crippen LogP contribution in [0.5, 0.6) is 0 Å². The lowest BCUT2D eigenvalue weighted by atomic mass is 9.98. The van der Waals surface area contributed by atoms with Crippen molar-refractivity contribution in [2.75, 3.05) is 19.6 Å². The van der Waals surface area contributed by atoms with E-state index in [1.807, 2.05) is 30.3 Å². The molecule has 1 fully saturated rings. The molecule has 0 saturated carbocycles. The summed E-state index contributed by atoms with van der Waals surface area (Å²) in [5, 5.41) is 4.05. The van der Waals surface area contributed by atoms with Crippen LogP contribution in [-0.2, 0) is 6.54 Å². The summed E-state index contributed by atoms with van der Waals surface area (Å²) in [5.74, 6) is 1.94. The molecule has 114 valence electrons. The first-order chi connectivity index (χ1) is 9.85. The van der Waals surface area contributed by atoms with E-state index in [-0.39, 0.29) is 12.4 Å². The minimum Gasteiger partial charge on any atom is -0.338 e. The monoisotopic (exact) mass is 308 g/mol. The summed E-state index contributed by atoms with van der Waals surface area (Å²) in [6.45, 7) is 3.59. The van der Waals surface area contributed by atoms with Crippen LogP contribution in [-0.4, -0.2) is 34.7 Å². The summed E-state index contributed by atoms with van der Waals surface area (Å²) >= 11 is 0. The number of benzene rings is 1. The molecule has 1 unspecified atom stereocenters. The minimum atomic E-state index is 0. The van der Waals surface area contributed by atoms with Gasteiger partial charge in [-0.2, -0.15) is 4.98 Å². The predicted molar refractivity (Wildman–Crippen MR) is 84.0 cm³/mol. The number of hydrogen-bond donors (Lipinski definition) is 1. The summed E-state index contributed by atoms with van der Waals surface area (Å²) in [6.07, 6.45) is 2.42. The van der Waals surface area contributed by atoms with Gasteiger partial charge in [0.25, 0.3) is 0 Å². The van der Waals surface area contributed by atoms with Crippen LogP contribution in [0.1, 0.15) is 18.7 Å². The van der Waals surface area contributed by atoms with Crippen LogP contribution in [0.25, 0.3) is 11.4 Å². The molecule has 2 N–H and O–H groups in total. The predicted octanol–water partition coefficient (Wildman–Crippen LogP) is 2.33. The highest BCUT2D eigenvalue weighted by Gasteiger charge is 2.20. The number of aromatic nitrogens is 2. The Morgan fingerprint density at radius 3 is 2.86 bits per heavy atom. The van der Waals surface area contributed by atoms with Crippen molar-refractivity contribution in [3.63, 3.8) is 0 Å². The van der Waals surface area contributed by atoms with Gasteiger partial charge in [0.2, 0.25) is 11.7 Å². The molecular formula is C15H21ClN4O. The van der Waals surface area contributed by atoms with Crippen molar-refractivity contribution in [1.29, 1.82) is 0 Å². The van der Waals surface area contributed by atoms with E-state index in [1.165, 1.54) is 12.8 Å². The number of likely N-dealkylation sites (tertiary alicyclic amines) is 1. The van der Waals surface area contributed by atoms with Gasteiger partial charge < -0.3 is 10.3 Å². The van der Waals surface area contributed by atoms with Crippen molar-refractivity contribution in [3.8, 4) is 11.4 Å². The zero-order valence-corrected chi connectivity index (χ0v) is 12.8. The van der Waals surface area contributed by atoms with Gasteiger partial charge in [-0.15, -0.1) is 12.4 Å². The van der Waals surface area contributed by atoms with Crippen LogP contribution in [0.15, 0.2) is 34.9 Å². The number of nitrogens with two attached hydrogens (primary N) is 1. The highest BCUT2D eigenvalue weighted by molar-refractivity contribution is 5.85. The Morgan fingerprint density at radius 1 is 1.29 bits per heavy atom. The van der Waals surface area contributed by atoms with E-state index >= 15 is 0 Å². The summed E-state index contributed by atoms with van der Waals surface area (Å²) in [5.41, 5.74) is 6.75. The molecule has 0 aliphatic carbocycles. The van der Waals surface area contributed by atoms with Crippen LogP contribution in [0.4, 0.5) is 0 Å².